The topological polar surface area (TPSA) is 259 Å². The maximum absolute atomic E-state index is 12.8. The Kier molecular flexibility index (Phi) is 19.3. The number of halogens is 1. The van der Waals surface area contributed by atoms with Gasteiger partial charge in [-0.3, -0.25) is 37.7 Å². The summed E-state index contributed by atoms with van der Waals surface area (Å²) in [5.41, 5.74) is 0.0361. The van der Waals surface area contributed by atoms with Gasteiger partial charge in [0.25, 0.3) is 11.1 Å². The highest BCUT2D eigenvalue weighted by atomic mass is 79.9. The van der Waals surface area contributed by atoms with E-state index in [1.807, 2.05) is 24.3 Å². The first-order valence-corrected chi connectivity index (χ1v) is 27.9. The summed E-state index contributed by atoms with van der Waals surface area (Å²) in [6, 6.07) is 11.6. The van der Waals surface area contributed by atoms with E-state index in [1.54, 1.807) is 20.3 Å². The second kappa shape index (κ2) is 25.2. The third-order valence-corrected chi connectivity index (χ3v) is 14.5. The van der Waals surface area contributed by atoms with Gasteiger partial charge in [-0.1, -0.05) is 33.7 Å². The summed E-state index contributed by atoms with van der Waals surface area (Å²) < 4.78 is 76.4. The lowest BCUT2D eigenvalue weighted by Gasteiger charge is -2.26. The number of rotatable bonds is 14. The molecule has 2 N–H and O–H groups in total. The van der Waals surface area contributed by atoms with E-state index in [-0.39, 0.29) is 45.7 Å². The molecule has 0 atom stereocenters. The molecule has 0 aliphatic carbocycles. The van der Waals surface area contributed by atoms with E-state index in [0.717, 1.165) is 131 Å². The quantitative estimate of drug-likeness (QED) is 0.139. The van der Waals surface area contributed by atoms with Crippen molar-refractivity contribution >= 4 is 69.3 Å². The normalized spacial score (nSPS) is 14.2. The lowest BCUT2D eigenvalue weighted by Crippen LogP contribution is -2.39. The van der Waals surface area contributed by atoms with Crippen LogP contribution in [0.3, 0.4) is 0 Å². The number of terminal acetylenes is 1. The van der Waals surface area contributed by atoms with Crippen LogP contribution in [-0.2, 0) is 70.4 Å². The van der Waals surface area contributed by atoms with Crippen LogP contribution in [0.4, 0.5) is 11.4 Å². The Bertz CT molecular complexity index is 3640. The minimum atomic E-state index is -3.72. The second-order valence-electron chi connectivity index (χ2n) is 17.4. The Morgan fingerprint density at radius 1 is 0.640 bits per heavy atom. The number of hydrogen-bond acceptors (Lipinski definition) is 18. The molecule has 404 valence electrons. The molecule has 2 aromatic carbocycles. The maximum atomic E-state index is 12.8. The van der Waals surface area contributed by atoms with Crippen LogP contribution in [-0.4, -0.2) is 170 Å². The van der Waals surface area contributed by atoms with Crippen molar-refractivity contribution < 1.29 is 35.8 Å². The monoisotopic (exact) mass is 1140 g/mol. The lowest BCUT2D eigenvalue weighted by atomic mass is 10.2. The summed E-state index contributed by atoms with van der Waals surface area (Å²) in [6.07, 6.45) is 7.16. The zero-order chi connectivity index (χ0) is 54.8. The number of anilines is 2. The Balaban J connectivity index is 0.000000202. The number of imidazole rings is 2. The van der Waals surface area contributed by atoms with Gasteiger partial charge in [0.1, 0.15) is 11.5 Å². The Labute approximate surface area is 441 Å². The number of hydrogen-bond donors (Lipinski definition) is 2. The molecule has 0 spiro atoms. The minimum absolute atomic E-state index is 0.0115. The standard InChI is InChI=1S/C24H30N6O6S.C13H19BrN2O2.C11H12N4O4S/c1-27-20-21(26-23(27)37(4,33)34)30(24(32)28(2)22(20)31)8-5-6-17-14-18(16-19(15-17)35-3)25-7-9-29-10-12-36-13-11-29;1-17-13-9-11(14)8-12(10-13)15-2-3-16-4-6-18-7-5-16;1-5-6-15-8-7(9(16)14(3)11(15)17)13(2)10(12-8)20(4,18)19/h14-16,25H,7-13H2,1-4H3;8-10,15H,2-7H2,1H3;1H,6H2,2-4H3. The number of nitrogens with zero attached hydrogens (tertiary/aromatic N) is 10. The first-order valence-electron chi connectivity index (χ1n) is 23.3. The molecule has 6 aromatic rings. The van der Waals surface area contributed by atoms with Gasteiger partial charge in [0.05, 0.1) is 53.7 Å². The summed E-state index contributed by atoms with van der Waals surface area (Å²) in [5.74, 6) is 9.74. The molecule has 27 heteroatoms. The summed E-state index contributed by atoms with van der Waals surface area (Å²) in [4.78, 5) is 62.4. The van der Waals surface area contributed by atoms with Crippen molar-refractivity contribution in [3.63, 3.8) is 0 Å². The third-order valence-electron chi connectivity index (χ3n) is 12.0. The molecule has 2 aliphatic rings. The molecule has 4 aromatic heterocycles. The molecule has 8 rings (SSSR count). The van der Waals surface area contributed by atoms with Crippen LogP contribution < -0.4 is 42.6 Å². The van der Waals surface area contributed by atoms with Crippen LogP contribution in [0, 0.1) is 24.2 Å². The first-order chi connectivity index (χ1) is 35.6. The van der Waals surface area contributed by atoms with Crippen LogP contribution >= 0.6 is 15.9 Å². The molecule has 24 nitrogen and oxygen atoms in total. The predicted octanol–water partition coefficient (Wildman–Crippen LogP) is 0.314. The number of ether oxygens (including phenoxy) is 4. The average molecular weight is 1140 g/mol. The van der Waals surface area contributed by atoms with Crippen molar-refractivity contribution in [2.75, 3.05) is 116 Å². The average Bonchev–Trinajstić information content (AvgIpc) is 3.93. The fourth-order valence-corrected chi connectivity index (χ4v) is 10.3. The SMILES string of the molecule is C#CCn1c(=O)n(C)c(=O)c2c1nc(S(C)(=O)=O)n2C.COc1cc(Br)cc(NCCN2CCOCC2)c1.COc1cc(C#CCn2c(=O)n(C)c(=O)c3c2nc(S(C)(=O)=O)n3C)cc(NCCN2CCOCC2)c1. The van der Waals surface area contributed by atoms with Crippen molar-refractivity contribution in [3.8, 4) is 35.7 Å². The van der Waals surface area contributed by atoms with E-state index in [9.17, 15) is 36.0 Å². The van der Waals surface area contributed by atoms with Gasteiger partial charge < -0.3 is 38.7 Å². The van der Waals surface area contributed by atoms with Crippen LogP contribution in [0.5, 0.6) is 11.5 Å². The Morgan fingerprint density at radius 2 is 1.07 bits per heavy atom. The number of benzene rings is 2. The van der Waals surface area contributed by atoms with Crippen LogP contribution in [0.2, 0.25) is 0 Å². The predicted molar refractivity (Wildman–Crippen MR) is 288 cm³/mol. The minimum Gasteiger partial charge on any atom is -0.497 e. The largest absolute Gasteiger partial charge is 0.497 e. The van der Waals surface area contributed by atoms with Gasteiger partial charge in [-0.15, -0.1) is 6.42 Å². The molecule has 75 heavy (non-hydrogen) atoms. The van der Waals surface area contributed by atoms with Crippen molar-refractivity contribution in [3.05, 3.63) is 88.1 Å². The van der Waals surface area contributed by atoms with Gasteiger partial charge in [-0.25, -0.2) is 26.4 Å². The molecule has 2 fully saturated rings. The fraction of sp³-hybridized carbons (Fsp3) is 0.458. The summed E-state index contributed by atoms with van der Waals surface area (Å²) in [6.45, 7) is 10.5. The van der Waals surface area contributed by atoms with Crippen molar-refractivity contribution in [2.45, 2.75) is 23.4 Å². The van der Waals surface area contributed by atoms with E-state index in [2.05, 4.69) is 70.2 Å². The number of sulfone groups is 2. The number of morpholine rings is 2. The van der Waals surface area contributed by atoms with Gasteiger partial charge in [-0.2, -0.15) is 9.97 Å². The summed E-state index contributed by atoms with van der Waals surface area (Å²) in [5, 5.41) is 6.22. The molecule has 0 saturated carbocycles. The zero-order valence-corrected chi connectivity index (χ0v) is 46.2. The number of fused-ring (bicyclic) bond motifs is 2. The second-order valence-corrected chi connectivity index (χ2v) is 22.1. The summed E-state index contributed by atoms with van der Waals surface area (Å²) >= 11 is 3.48. The molecular formula is C48H61BrN12O12S2. The van der Waals surface area contributed by atoms with E-state index < -0.39 is 42.2 Å². The van der Waals surface area contributed by atoms with Crippen molar-refractivity contribution in [2.24, 2.45) is 28.2 Å². The Morgan fingerprint density at radius 3 is 1.49 bits per heavy atom. The molecular weight excluding hydrogens is 1080 g/mol. The van der Waals surface area contributed by atoms with E-state index in [1.165, 1.54) is 37.3 Å². The number of methoxy groups -OCH3 is 2. The van der Waals surface area contributed by atoms with Crippen LogP contribution in [0.25, 0.3) is 22.3 Å². The molecule has 2 aliphatic heterocycles. The molecule has 6 heterocycles. The summed E-state index contributed by atoms with van der Waals surface area (Å²) in [7, 11) is 1.35. The Hall–Kier alpha value is -6.72. The van der Waals surface area contributed by atoms with Gasteiger partial charge in [0, 0.05) is 127 Å². The van der Waals surface area contributed by atoms with Crippen molar-refractivity contribution in [1.29, 1.82) is 0 Å². The first kappa shape index (κ1) is 57.6. The maximum Gasteiger partial charge on any atom is 0.333 e. The van der Waals surface area contributed by atoms with E-state index in [4.69, 9.17) is 25.4 Å². The van der Waals surface area contributed by atoms with Gasteiger partial charge in [0.2, 0.25) is 30.0 Å². The smallest absolute Gasteiger partial charge is 0.333 e. The van der Waals surface area contributed by atoms with E-state index in [0.29, 0.717) is 11.3 Å². The van der Waals surface area contributed by atoms with Crippen LogP contribution in [0.1, 0.15) is 5.56 Å². The van der Waals surface area contributed by atoms with Gasteiger partial charge in [-0.05, 0) is 24.3 Å². The lowest BCUT2D eigenvalue weighted by molar-refractivity contribution is 0.0398. The fourth-order valence-electron chi connectivity index (χ4n) is 8.12. The van der Waals surface area contributed by atoms with Gasteiger partial charge in [0.15, 0.2) is 22.3 Å². The van der Waals surface area contributed by atoms with Crippen molar-refractivity contribution in [1.82, 2.24) is 47.2 Å². The molecule has 0 unspecified atom stereocenters. The molecule has 0 bridgehead atoms. The van der Waals surface area contributed by atoms with Gasteiger partial charge >= 0.3 is 11.4 Å². The number of aryl methyl sites for hydroxylation is 2. The highest BCUT2D eigenvalue weighted by Crippen LogP contribution is 2.25. The molecule has 0 radical (unpaired) electrons. The highest BCUT2D eigenvalue weighted by molar-refractivity contribution is 9.10. The third kappa shape index (κ3) is 14.2. The zero-order valence-electron chi connectivity index (χ0n) is 43.0. The molecule has 2 saturated heterocycles. The number of nitrogens with one attached hydrogen (secondary N) is 2. The molecule has 0 amide bonds. The van der Waals surface area contributed by atoms with Crippen LogP contribution in [0.15, 0.2) is 70.4 Å². The highest BCUT2D eigenvalue weighted by Gasteiger charge is 2.25. The van der Waals surface area contributed by atoms with E-state index >= 15 is 0 Å². The number of aromatic nitrogens is 8.